The molecule has 0 saturated carbocycles. The molecule has 0 bridgehead atoms. The fourth-order valence-electron chi connectivity index (χ4n) is 2.90. The van der Waals surface area contributed by atoms with Crippen molar-refractivity contribution in [2.24, 2.45) is 0 Å². The number of nitrogens with one attached hydrogen (secondary N) is 1. The van der Waals surface area contributed by atoms with E-state index in [1.54, 1.807) is 0 Å². The summed E-state index contributed by atoms with van der Waals surface area (Å²) < 4.78 is 0.695. The van der Waals surface area contributed by atoms with E-state index < -0.39 is 0 Å². The molecule has 3 heteroatoms. The maximum absolute atomic E-state index is 4.10. The second kappa shape index (κ2) is 6.10. The van der Waals surface area contributed by atoms with Crippen LogP contribution in [0.3, 0.4) is 0 Å². The van der Waals surface area contributed by atoms with Gasteiger partial charge in [0, 0.05) is 30.1 Å². The third kappa shape index (κ3) is 2.83. The second-order valence-electron chi connectivity index (χ2n) is 5.52. The van der Waals surface area contributed by atoms with Gasteiger partial charge in [0.1, 0.15) is 12.7 Å². The quantitative estimate of drug-likeness (QED) is 0.618. The Hall–Kier alpha value is -2.13. The average Bonchev–Trinajstić information content (AvgIpc) is 2.88. The molecule has 1 aromatic carbocycles. The van der Waals surface area contributed by atoms with Gasteiger partial charge in [-0.2, -0.15) is 4.59 Å². The molecular formula is C18H22N3+. The Morgan fingerprint density at radius 2 is 1.86 bits per heavy atom. The van der Waals surface area contributed by atoms with E-state index in [-0.39, 0.29) is 0 Å². The molecule has 0 spiro atoms. The number of hydrogen-bond acceptors (Lipinski definition) is 2. The summed E-state index contributed by atoms with van der Waals surface area (Å²) in [6, 6.07) is 12.7. The average molecular weight is 280 g/mol. The molecule has 2 heterocycles. The molecule has 3 nitrogen and oxygen atoms in total. The first-order chi connectivity index (χ1) is 10.3. The van der Waals surface area contributed by atoms with Crippen LogP contribution in [0.4, 0.5) is 11.4 Å². The van der Waals surface area contributed by atoms with Gasteiger partial charge in [-0.3, -0.25) is 4.98 Å². The van der Waals surface area contributed by atoms with Crippen LogP contribution in [-0.4, -0.2) is 11.5 Å². The van der Waals surface area contributed by atoms with E-state index in [2.05, 4.69) is 53.9 Å². The number of benzene rings is 1. The highest BCUT2D eigenvalue weighted by Gasteiger charge is 2.34. The Morgan fingerprint density at radius 1 is 1.05 bits per heavy atom. The topological polar surface area (TPSA) is 24.9 Å². The smallest absolute Gasteiger partial charge is 0.169 e. The van der Waals surface area contributed by atoms with Gasteiger partial charge in [-0.1, -0.05) is 25.5 Å². The minimum Gasteiger partial charge on any atom is -0.265 e. The summed E-state index contributed by atoms with van der Waals surface area (Å²) in [7, 11) is 0. The van der Waals surface area contributed by atoms with E-state index in [4.69, 9.17) is 0 Å². The number of pyridine rings is 1. The molecule has 1 atom stereocenters. The van der Waals surface area contributed by atoms with Gasteiger partial charge in [0.25, 0.3) is 0 Å². The molecule has 1 unspecified atom stereocenters. The summed E-state index contributed by atoms with van der Waals surface area (Å²) in [5.74, 6) is 0. The molecule has 0 saturated heterocycles. The van der Waals surface area contributed by atoms with E-state index in [0.29, 0.717) is 4.59 Å². The molecule has 0 radical (unpaired) electrons. The van der Waals surface area contributed by atoms with Crippen LogP contribution in [0.5, 0.6) is 0 Å². The lowest BCUT2D eigenvalue weighted by Crippen LogP contribution is -2.48. The summed E-state index contributed by atoms with van der Waals surface area (Å²) in [4.78, 5) is 4.10. The summed E-state index contributed by atoms with van der Waals surface area (Å²) in [5, 5.41) is 0. The predicted molar refractivity (Wildman–Crippen MR) is 89.5 cm³/mol. The Morgan fingerprint density at radius 3 is 2.67 bits per heavy atom. The Bertz CT molecular complexity index is 621. The van der Waals surface area contributed by atoms with Crippen LogP contribution in [0.25, 0.3) is 6.08 Å². The van der Waals surface area contributed by atoms with Crippen LogP contribution in [0.15, 0.2) is 55.0 Å². The standard InChI is InChI=1S/C18H22N3/c1-2-3-6-14-21(20-17-9-12-19-13-10-17)15-11-16-7-4-5-8-18(16)21/h4-5,7-13,15H,2-3,6,14H2,1H3,(H,19,20)/q+1. The number of nitrogens with zero attached hydrogens (tertiary/aromatic N) is 2. The van der Waals surface area contributed by atoms with Crippen LogP contribution < -0.4 is 10.0 Å². The van der Waals surface area contributed by atoms with Crippen molar-refractivity contribution in [2.75, 3.05) is 12.0 Å². The third-order valence-corrected chi connectivity index (χ3v) is 4.00. The number of unbranched alkanes of at least 4 members (excludes halogenated alkanes) is 2. The fraction of sp³-hybridized carbons (Fsp3) is 0.278. The van der Waals surface area contributed by atoms with Crippen molar-refractivity contribution >= 4 is 17.5 Å². The monoisotopic (exact) mass is 280 g/mol. The molecule has 1 N–H and O–H groups in total. The number of rotatable bonds is 6. The molecular weight excluding hydrogens is 258 g/mol. The molecule has 1 aliphatic rings. The zero-order chi connectivity index (χ0) is 14.5. The van der Waals surface area contributed by atoms with E-state index in [1.165, 1.54) is 30.5 Å². The van der Waals surface area contributed by atoms with Crippen molar-refractivity contribution < 1.29 is 0 Å². The van der Waals surface area contributed by atoms with Gasteiger partial charge in [0.05, 0.1) is 5.69 Å². The van der Waals surface area contributed by atoms with E-state index in [9.17, 15) is 0 Å². The van der Waals surface area contributed by atoms with Crippen molar-refractivity contribution in [1.29, 1.82) is 0 Å². The first kappa shape index (κ1) is 13.8. The van der Waals surface area contributed by atoms with Gasteiger partial charge in [-0.05, 0) is 31.0 Å². The normalized spacial score (nSPS) is 19.5. The third-order valence-electron chi connectivity index (χ3n) is 4.00. The van der Waals surface area contributed by atoms with Crippen molar-refractivity contribution in [2.45, 2.75) is 26.2 Å². The molecule has 0 amide bonds. The van der Waals surface area contributed by atoms with Gasteiger partial charge in [-0.25, -0.2) is 5.43 Å². The molecule has 1 aliphatic heterocycles. The largest absolute Gasteiger partial charge is 0.265 e. The second-order valence-corrected chi connectivity index (χ2v) is 5.52. The summed E-state index contributed by atoms with van der Waals surface area (Å²) in [5.41, 5.74) is 7.41. The number of anilines is 1. The summed E-state index contributed by atoms with van der Waals surface area (Å²) in [6.07, 6.45) is 11.8. The lowest BCUT2D eigenvalue weighted by molar-refractivity contribution is 0.425. The fourth-order valence-corrected chi connectivity index (χ4v) is 2.90. The molecule has 2 aromatic rings. The zero-order valence-electron chi connectivity index (χ0n) is 12.5. The Kier molecular flexibility index (Phi) is 4.02. The Balaban J connectivity index is 1.91. The van der Waals surface area contributed by atoms with Crippen LogP contribution in [0.1, 0.15) is 31.7 Å². The summed E-state index contributed by atoms with van der Waals surface area (Å²) in [6.45, 7) is 3.30. The maximum Gasteiger partial charge on any atom is 0.169 e. The minimum absolute atomic E-state index is 0.695. The van der Waals surface area contributed by atoms with Crippen molar-refractivity contribution in [3.05, 3.63) is 60.6 Å². The highest BCUT2D eigenvalue weighted by molar-refractivity contribution is 5.75. The lowest BCUT2D eigenvalue weighted by Gasteiger charge is -2.32. The van der Waals surface area contributed by atoms with Gasteiger partial charge in [-0.15, -0.1) is 0 Å². The van der Waals surface area contributed by atoms with Gasteiger partial charge < -0.3 is 0 Å². The van der Waals surface area contributed by atoms with Crippen LogP contribution in [0.2, 0.25) is 0 Å². The first-order valence-corrected chi connectivity index (χ1v) is 7.69. The Labute approximate surface area is 126 Å². The van der Waals surface area contributed by atoms with Crippen LogP contribution >= 0.6 is 0 Å². The number of para-hydroxylation sites is 1. The minimum atomic E-state index is 0.695. The molecule has 3 rings (SSSR count). The number of aromatic nitrogens is 1. The molecule has 1 aromatic heterocycles. The van der Waals surface area contributed by atoms with Crippen molar-refractivity contribution in [3.8, 4) is 0 Å². The highest BCUT2D eigenvalue weighted by Crippen LogP contribution is 2.36. The van der Waals surface area contributed by atoms with Crippen molar-refractivity contribution in [3.63, 3.8) is 0 Å². The van der Waals surface area contributed by atoms with Gasteiger partial charge >= 0.3 is 0 Å². The summed E-state index contributed by atoms with van der Waals surface area (Å²) >= 11 is 0. The zero-order valence-corrected chi connectivity index (χ0v) is 12.5. The number of hydrogen-bond donors (Lipinski definition) is 1. The van der Waals surface area contributed by atoms with Crippen LogP contribution in [-0.2, 0) is 0 Å². The SMILES string of the molecule is CCCCC[N+]1(Nc2ccncc2)C=Cc2ccccc21. The number of fused-ring (bicyclic) bond motifs is 1. The molecule has 108 valence electrons. The molecule has 0 aliphatic carbocycles. The lowest BCUT2D eigenvalue weighted by atomic mass is 10.2. The molecule has 0 fully saturated rings. The van der Waals surface area contributed by atoms with Gasteiger partial charge in [0.15, 0.2) is 5.69 Å². The van der Waals surface area contributed by atoms with E-state index in [1.807, 2.05) is 24.5 Å². The van der Waals surface area contributed by atoms with Gasteiger partial charge in [0.2, 0.25) is 0 Å². The molecule has 21 heavy (non-hydrogen) atoms. The highest BCUT2D eigenvalue weighted by atomic mass is 15.7. The first-order valence-electron chi connectivity index (χ1n) is 7.69. The van der Waals surface area contributed by atoms with E-state index >= 15 is 0 Å². The number of quaternary nitrogens is 1. The maximum atomic E-state index is 4.10. The van der Waals surface area contributed by atoms with E-state index in [0.717, 1.165) is 12.2 Å². The van der Waals surface area contributed by atoms with Crippen molar-refractivity contribution in [1.82, 2.24) is 9.58 Å². The van der Waals surface area contributed by atoms with Crippen LogP contribution in [0, 0.1) is 0 Å². The predicted octanol–water partition coefficient (Wildman–Crippen LogP) is 4.59.